The predicted octanol–water partition coefficient (Wildman–Crippen LogP) is 3.24. The van der Waals surface area contributed by atoms with Gasteiger partial charge in [0.05, 0.1) is 5.52 Å². The molecule has 3 nitrogen and oxygen atoms in total. The van der Waals surface area contributed by atoms with Gasteiger partial charge >= 0.3 is 0 Å². The van der Waals surface area contributed by atoms with Gasteiger partial charge in [0, 0.05) is 36.7 Å². The molecule has 0 atom stereocenters. The molecule has 0 bridgehead atoms. The van der Waals surface area contributed by atoms with Crippen molar-refractivity contribution in [1.29, 1.82) is 0 Å². The van der Waals surface area contributed by atoms with Crippen LogP contribution in [-0.4, -0.2) is 14.5 Å². The molecule has 0 amide bonds. The summed E-state index contributed by atoms with van der Waals surface area (Å²) in [5, 5.41) is 1.15. The van der Waals surface area contributed by atoms with E-state index in [2.05, 4.69) is 42.7 Å². The monoisotopic (exact) mass is 287 g/mol. The first kappa shape index (κ1) is 10.5. The van der Waals surface area contributed by atoms with E-state index in [1.807, 2.05) is 36.8 Å². The van der Waals surface area contributed by atoms with Crippen LogP contribution in [0.25, 0.3) is 10.9 Å². The lowest BCUT2D eigenvalue weighted by Crippen LogP contribution is -1.97. The summed E-state index contributed by atoms with van der Waals surface area (Å²) in [4.78, 5) is 8.25. The van der Waals surface area contributed by atoms with Crippen molar-refractivity contribution in [2.45, 2.75) is 6.54 Å². The van der Waals surface area contributed by atoms with E-state index in [9.17, 15) is 0 Å². The number of rotatable bonds is 2. The molecular weight excluding hydrogens is 278 g/mol. The first-order chi connectivity index (χ1) is 8.33. The second-order valence-electron chi connectivity index (χ2n) is 3.86. The maximum absolute atomic E-state index is 4.22. The van der Waals surface area contributed by atoms with Gasteiger partial charge in [0.25, 0.3) is 0 Å². The minimum atomic E-state index is 0.850. The van der Waals surface area contributed by atoms with E-state index in [0.29, 0.717) is 0 Å². The number of pyridine rings is 2. The molecule has 0 saturated carbocycles. The molecule has 0 aliphatic heterocycles. The molecule has 0 saturated heterocycles. The van der Waals surface area contributed by atoms with Crippen molar-refractivity contribution in [3.63, 3.8) is 0 Å². The van der Waals surface area contributed by atoms with Crippen LogP contribution in [0.4, 0.5) is 0 Å². The van der Waals surface area contributed by atoms with Crippen LogP contribution < -0.4 is 0 Å². The summed E-state index contributed by atoms with van der Waals surface area (Å²) < 4.78 is 3.07. The standard InChI is InChI=1S/C13H10BrN3/c14-13-7-12-11(8-16-13)3-6-17(12)9-10-1-4-15-5-2-10/h1-8H,9H2. The summed E-state index contributed by atoms with van der Waals surface area (Å²) in [6.07, 6.45) is 7.60. The van der Waals surface area contributed by atoms with Crippen LogP contribution in [-0.2, 0) is 6.54 Å². The highest BCUT2D eigenvalue weighted by Crippen LogP contribution is 2.19. The van der Waals surface area contributed by atoms with Crippen LogP contribution in [0.5, 0.6) is 0 Å². The topological polar surface area (TPSA) is 30.7 Å². The number of aromatic nitrogens is 3. The Bertz CT molecular complexity index is 646. The first-order valence-electron chi connectivity index (χ1n) is 5.32. The largest absolute Gasteiger partial charge is 0.343 e. The Hall–Kier alpha value is -1.68. The van der Waals surface area contributed by atoms with Crippen molar-refractivity contribution < 1.29 is 0 Å². The summed E-state index contributed by atoms with van der Waals surface area (Å²) in [6.45, 7) is 0.850. The zero-order valence-electron chi connectivity index (χ0n) is 9.05. The van der Waals surface area contributed by atoms with E-state index in [4.69, 9.17) is 0 Å². The molecule has 4 heteroatoms. The Kier molecular flexibility index (Phi) is 2.65. The number of nitrogens with zero attached hydrogens (tertiary/aromatic N) is 3. The zero-order valence-corrected chi connectivity index (χ0v) is 10.6. The van der Waals surface area contributed by atoms with Gasteiger partial charge < -0.3 is 4.57 Å². The predicted molar refractivity (Wildman–Crippen MR) is 70.8 cm³/mol. The SMILES string of the molecule is Brc1cc2c(ccn2Cc2ccncc2)cn1. The van der Waals surface area contributed by atoms with Crippen LogP contribution >= 0.6 is 15.9 Å². The molecule has 84 valence electrons. The van der Waals surface area contributed by atoms with E-state index < -0.39 is 0 Å². The van der Waals surface area contributed by atoms with Gasteiger partial charge in [-0.05, 0) is 45.8 Å². The molecule has 0 aliphatic rings. The highest BCUT2D eigenvalue weighted by atomic mass is 79.9. The van der Waals surface area contributed by atoms with E-state index in [0.717, 1.165) is 16.5 Å². The fourth-order valence-electron chi connectivity index (χ4n) is 1.88. The fourth-order valence-corrected chi connectivity index (χ4v) is 2.20. The van der Waals surface area contributed by atoms with Gasteiger partial charge in [0.2, 0.25) is 0 Å². The molecule has 0 spiro atoms. The summed E-state index contributed by atoms with van der Waals surface area (Å²) >= 11 is 3.40. The second-order valence-corrected chi connectivity index (χ2v) is 4.68. The molecule has 0 radical (unpaired) electrons. The van der Waals surface area contributed by atoms with Crippen molar-refractivity contribution in [2.24, 2.45) is 0 Å². The third-order valence-corrected chi connectivity index (χ3v) is 3.16. The Morgan fingerprint density at radius 3 is 2.82 bits per heavy atom. The van der Waals surface area contributed by atoms with Crippen LogP contribution in [0.2, 0.25) is 0 Å². The van der Waals surface area contributed by atoms with Gasteiger partial charge in [0.1, 0.15) is 4.60 Å². The lowest BCUT2D eigenvalue weighted by molar-refractivity contribution is 0.834. The van der Waals surface area contributed by atoms with Gasteiger partial charge in [-0.3, -0.25) is 4.98 Å². The van der Waals surface area contributed by atoms with Crippen molar-refractivity contribution in [3.05, 3.63) is 59.2 Å². The Morgan fingerprint density at radius 1 is 1.18 bits per heavy atom. The van der Waals surface area contributed by atoms with Gasteiger partial charge in [-0.25, -0.2) is 4.98 Å². The molecule has 3 rings (SSSR count). The molecule has 0 N–H and O–H groups in total. The van der Waals surface area contributed by atoms with Gasteiger partial charge in [-0.2, -0.15) is 0 Å². The summed E-state index contributed by atoms with van der Waals surface area (Å²) in [5.41, 5.74) is 2.43. The summed E-state index contributed by atoms with van der Waals surface area (Å²) in [7, 11) is 0. The Balaban J connectivity index is 2.03. The lowest BCUT2D eigenvalue weighted by atomic mass is 10.2. The van der Waals surface area contributed by atoms with Crippen molar-refractivity contribution >= 4 is 26.8 Å². The molecule has 0 fully saturated rings. The highest BCUT2D eigenvalue weighted by molar-refractivity contribution is 9.10. The first-order valence-corrected chi connectivity index (χ1v) is 6.11. The second kappa shape index (κ2) is 4.30. The lowest BCUT2D eigenvalue weighted by Gasteiger charge is -2.05. The number of halogens is 1. The number of fused-ring (bicyclic) bond motifs is 1. The van der Waals surface area contributed by atoms with Crippen LogP contribution in [0.1, 0.15) is 5.56 Å². The Morgan fingerprint density at radius 2 is 2.00 bits per heavy atom. The molecule has 3 aromatic rings. The van der Waals surface area contributed by atoms with Gasteiger partial charge in [0.15, 0.2) is 0 Å². The van der Waals surface area contributed by atoms with Crippen LogP contribution in [0.3, 0.4) is 0 Å². The van der Waals surface area contributed by atoms with E-state index in [-0.39, 0.29) is 0 Å². The molecule has 3 heterocycles. The van der Waals surface area contributed by atoms with E-state index >= 15 is 0 Å². The quantitative estimate of drug-likeness (QED) is 0.678. The Labute approximate surface area is 107 Å². The smallest absolute Gasteiger partial charge is 0.108 e. The van der Waals surface area contributed by atoms with Gasteiger partial charge in [-0.15, -0.1) is 0 Å². The average molecular weight is 288 g/mol. The zero-order chi connectivity index (χ0) is 11.7. The molecule has 3 aromatic heterocycles. The molecule has 0 aromatic carbocycles. The molecule has 0 unspecified atom stereocenters. The summed E-state index contributed by atoms with van der Waals surface area (Å²) in [6, 6.07) is 8.18. The average Bonchev–Trinajstić information content (AvgIpc) is 2.73. The minimum absolute atomic E-state index is 0.850. The maximum atomic E-state index is 4.22. The normalized spacial score (nSPS) is 10.9. The molecule has 0 aliphatic carbocycles. The summed E-state index contributed by atoms with van der Waals surface area (Å²) in [5.74, 6) is 0. The molecular formula is C13H10BrN3. The van der Waals surface area contributed by atoms with Crippen LogP contribution in [0, 0.1) is 0 Å². The fraction of sp³-hybridized carbons (Fsp3) is 0.0769. The third-order valence-electron chi connectivity index (χ3n) is 2.72. The molecule has 17 heavy (non-hydrogen) atoms. The van der Waals surface area contributed by atoms with E-state index in [1.165, 1.54) is 11.1 Å². The minimum Gasteiger partial charge on any atom is -0.343 e. The third kappa shape index (κ3) is 2.08. The van der Waals surface area contributed by atoms with Crippen molar-refractivity contribution in [3.8, 4) is 0 Å². The highest BCUT2D eigenvalue weighted by Gasteiger charge is 2.02. The van der Waals surface area contributed by atoms with Crippen molar-refractivity contribution in [1.82, 2.24) is 14.5 Å². The van der Waals surface area contributed by atoms with Gasteiger partial charge in [-0.1, -0.05) is 0 Å². The van der Waals surface area contributed by atoms with Crippen molar-refractivity contribution in [2.75, 3.05) is 0 Å². The van der Waals surface area contributed by atoms with E-state index in [1.54, 1.807) is 0 Å². The van der Waals surface area contributed by atoms with Crippen LogP contribution in [0.15, 0.2) is 53.7 Å². The number of hydrogen-bond acceptors (Lipinski definition) is 2. The number of hydrogen-bond donors (Lipinski definition) is 0. The maximum Gasteiger partial charge on any atom is 0.108 e.